The first-order valence-corrected chi connectivity index (χ1v) is 6.49. The van der Waals surface area contributed by atoms with E-state index in [-0.39, 0.29) is 24.4 Å². The van der Waals surface area contributed by atoms with E-state index >= 15 is 0 Å². The maximum Gasteiger partial charge on any atom is 0.221 e. The van der Waals surface area contributed by atoms with Crippen LogP contribution in [-0.2, 0) is 16.1 Å². The Morgan fingerprint density at radius 3 is 3.00 bits per heavy atom. The summed E-state index contributed by atoms with van der Waals surface area (Å²) in [6, 6.07) is 7.79. The highest BCUT2D eigenvalue weighted by Crippen LogP contribution is 2.16. The molecule has 0 bridgehead atoms. The summed E-state index contributed by atoms with van der Waals surface area (Å²) in [4.78, 5) is 11.8. The van der Waals surface area contributed by atoms with Crippen LogP contribution in [0.1, 0.15) is 12.0 Å². The van der Waals surface area contributed by atoms with Crippen molar-refractivity contribution in [3.8, 4) is 5.75 Å². The average Bonchev–Trinajstić information content (AvgIpc) is 2.46. The van der Waals surface area contributed by atoms with E-state index in [1.54, 1.807) is 7.11 Å². The molecule has 20 heavy (non-hydrogen) atoms. The van der Waals surface area contributed by atoms with Crippen molar-refractivity contribution in [1.29, 1.82) is 0 Å². The smallest absolute Gasteiger partial charge is 0.221 e. The van der Waals surface area contributed by atoms with Gasteiger partial charge in [0.05, 0.1) is 20.3 Å². The quantitative estimate of drug-likeness (QED) is 0.855. The predicted octanol–water partition coefficient (Wildman–Crippen LogP) is 1.11. The van der Waals surface area contributed by atoms with Gasteiger partial charge in [0.1, 0.15) is 5.75 Å². The standard InChI is InChI=1S/C14H20N2O3.ClH/c1-18-13-5-3-2-4-11(13)9-16-14(17)8-12-10-19-7-6-15-12;/h2-5,12,15H,6-10H2,1H3,(H,16,17);1H. The number of benzene rings is 1. The van der Waals surface area contributed by atoms with Gasteiger partial charge < -0.3 is 20.1 Å². The Kier molecular flexibility index (Phi) is 7.36. The molecule has 1 aromatic carbocycles. The lowest BCUT2D eigenvalue weighted by Gasteiger charge is -2.23. The highest BCUT2D eigenvalue weighted by Gasteiger charge is 2.16. The van der Waals surface area contributed by atoms with Crippen LogP contribution in [0.5, 0.6) is 5.75 Å². The number of morpholine rings is 1. The van der Waals surface area contributed by atoms with Gasteiger partial charge in [-0.1, -0.05) is 18.2 Å². The average molecular weight is 301 g/mol. The number of nitrogens with one attached hydrogen (secondary N) is 2. The Hall–Kier alpha value is -1.30. The molecule has 0 aliphatic carbocycles. The number of hydrogen-bond acceptors (Lipinski definition) is 4. The maximum atomic E-state index is 11.8. The molecule has 1 amide bonds. The fourth-order valence-corrected chi connectivity index (χ4v) is 2.09. The molecule has 1 unspecified atom stereocenters. The molecule has 2 N–H and O–H groups in total. The van der Waals surface area contributed by atoms with E-state index in [0.29, 0.717) is 19.6 Å². The molecule has 0 aromatic heterocycles. The zero-order valence-electron chi connectivity index (χ0n) is 11.6. The number of carbonyl (C=O) groups is 1. The van der Waals surface area contributed by atoms with Crippen molar-refractivity contribution in [1.82, 2.24) is 10.6 Å². The minimum atomic E-state index is 0. The second-order valence-corrected chi connectivity index (χ2v) is 4.52. The Balaban J connectivity index is 0.00000200. The Morgan fingerprint density at radius 1 is 1.50 bits per heavy atom. The first kappa shape index (κ1) is 16.8. The van der Waals surface area contributed by atoms with Crippen molar-refractivity contribution in [2.45, 2.75) is 19.0 Å². The van der Waals surface area contributed by atoms with Crippen LogP contribution in [0.2, 0.25) is 0 Å². The highest BCUT2D eigenvalue weighted by molar-refractivity contribution is 5.85. The topological polar surface area (TPSA) is 59.6 Å². The second-order valence-electron chi connectivity index (χ2n) is 4.52. The Labute approximate surface area is 125 Å². The van der Waals surface area contributed by atoms with Gasteiger partial charge in [-0.3, -0.25) is 4.79 Å². The van der Waals surface area contributed by atoms with Crippen LogP contribution in [-0.4, -0.2) is 38.8 Å². The molecule has 1 fully saturated rings. The van der Waals surface area contributed by atoms with E-state index in [9.17, 15) is 4.79 Å². The molecule has 1 aromatic rings. The molecule has 0 radical (unpaired) electrons. The third-order valence-electron chi connectivity index (χ3n) is 3.10. The summed E-state index contributed by atoms with van der Waals surface area (Å²) in [6.07, 6.45) is 0.440. The van der Waals surface area contributed by atoms with Gasteiger partial charge in [-0.2, -0.15) is 0 Å². The SMILES string of the molecule is COc1ccccc1CNC(=O)CC1COCCN1.Cl. The van der Waals surface area contributed by atoms with Crippen LogP contribution < -0.4 is 15.4 Å². The molecule has 2 rings (SSSR count). The number of hydrogen-bond donors (Lipinski definition) is 2. The monoisotopic (exact) mass is 300 g/mol. The Morgan fingerprint density at radius 2 is 2.30 bits per heavy atom. The van der Waals surface area contributed by atoms with Crippen LogP contribution >= 0.6 is 12.4 Å². The number of rotatable bonds is 5. The van der Waals surface area contributed by atoms with Crippen LogP contribution in [0.3, 0.4) is 0 Å². The molecule has 0 spiro atoms. The van der Waals surface area contributed by atoms with Crippen molar-refractivity contribution in [2.24, 2.45) is 0 Å². The molecule has 5 nitrogen and oxygen atoms in total. The van der Waals surface area contributed by atoms with Gasteiger partial charge in [0.25, 0.3) is 0 Å². The first-order chi connectivity index (χ1) is 9.29. The minimum absolute atomic E-state index is 0. The molecule has 6 heteroatoms. The van der Waals surface area contributed by atoms with Crippen molar-refractivity contribution < 1.29 is 14.3 Å². The molecule has 112 valence electrons. The fraction of sp³-hybridized carbons (Fsp3) is 0.500. The number of methoxy groups -OCH3 is 1. The number of amides is 1. The van der Waals surface area contributed by atoms with Gasteiger partial charge >= 0.3 is 0 Å². The number of carbonyl (C=O) groups excluding carboxylic acids is 1. The summed E-state index contributed by atoms with van der Waals surface area (Å²) < 4.78 is 10.6. The lowest BCUT2D eigenvalue weighted by Crippen LogP contribution is -2.44. The summed E-state index contributed by atoms with van der Waals surface area (Å²) in [6.45, 7) is 2.61. The summed E-state index contributed by atoms with van der Waals surface area (Å²) in [5.74, 6) is 0.816. The molecule has 1 aliphatic rings. The number of para-hydroxylation sites is 1. The third-order valence-corrected chi connectivity index (χ3v) is 3.10. The van der Waals surface area contributed by atoms with E-state index in [1.807, 2.05) is 24.3 Å². The minimum Gasteiger partial charge on any atom is -0.496 e. The van der Waals surface area contributed by atoms with Crippen LogP contribution in [0.4, 0.5) is 0 Å². The zero-order chi connectivity index (χ0) is 13.5. The van der Waals surface area contributed by atoms with Gasteiger partial charge in [-0.15, -0.1) is 12.4 Å². The normalized spacial score (nSPS) is 17.9. The first-order valence-electron chi connectivity index (χ1n) is 6.49. The van der Waals surface area contributed by atoms with Gasteiger partial charge in [-0.05, 0) is 6.07 Å². The summed E-state index contributed by atoms with van der Waals surface area (Å²) in [5.41, 5.74) is 0.978. The van der Waals surface area contributed by atoms with Crippen molar-refractivity contribution >= 4 is 18.3 Å². The molecular formula is C14H21ClN2O3. The van der Waals surface area contributed by atoms with E-state index < -0.39 is 0 Å². The predicted molar refractivity (Wildman–Crippen MR) is 79.3 cm³/mol. The lowest BCUT2D eigenvalue weighted by atomic mass is 10.1. The fourth-order valence-electron chi connectivity index (χ4n) is 2.09. The van der Waals surface area contributed by atoms with Crippen LogP contribution in [0.25, 0.3) is 0 Å². The van der Waals surface area contributed by atoms with Crippen LogP contribution in [0.15, 0.2) is 24.3 Å². The summed E-state index contributed by atoms with van der Waals surface area (Å²) >= 11 is 0. The molecule has 1 heterocycles. The zero-order valence-corrected chi connectivity index (χ0v) is 12.4. The molecule has 1 atom stereocenters. The van der Waals surface area contributed by atoms with Gasteiger partial charge in [0.15, 0.2) is 0 Å². The molecule has 1 saturated heterocycles. The van der Waals surface area contributed by atoms with Crippen molar-refractivity contribution in [3.05, 3.63) is 29.8 Å². The maximum absolute atomic E-state index is 11.8. The van der Waals surface area contributed by atoms with Crippen molar-refractivity contribution in [3.63, 3.8) is 0 Å². The molecule has 1 aliphatic heterocycles. The van der Waals surface area contributed by atoms with E-state index in [4.69, 9.17) is 9.47 Å². The van der Waals surface area contributed by atoms with Crippen molar-refractivity contribution in [2.75, 3.05) is 26.9 Å². The number of ether oxygens (including phenoxy) is 2. The molecular weight excluding hydrogens is 280 g/mol. The lowest BCUT2D eigenvalue weighted by molar-refractivity contribution is -0.122. The van der Waals surface area contributed by atoms with E-state index in [1.165, 1.54) is 0 Å². The van der Waals surface area contributed by atoms with Gasteiger partial charge in [0.2, 0.25) is 5.91 Å². The Bertz CT molecular complexity index is 423. The summed E-state index contributed by atoms with van der Waals surface area (Å²) in [5, 5.41) is 6.17. The molecule has 0 saturated carbocycles. The largest absolute Gasteiger partial charge is 0.496 e. The van der Waals surface area contributed by atoms with Gasteiger partial charge in [-0.25, -0.2) is 0 Å². The van der Waals surface area contributed by atoms with Crippen LogP contribution in [0, 0.1) is 0 Å². The van der Waals surface area contributed by atoms with E-state index in [2.05, 4.69) is 10.6 Å². The van der Waals surface area contributed by atoms with E-state index in [0.717, 1.165) is 24.5 Å². The highest BCUT2D eigenvalue weighted by atomic mass is 35.5. The number of halogens is 1. The summed E-state index contributed by atoms with van der Waals surface area (Å²) in [7, 11) is 1.63. The third kappa shape index (κ3) is 5.00. The van der Waals surface area contributed by atoms with Gasteiger partial charge in [0, 0.05) is 31.1 Å². The second kappa shape index (κ2) is 8.79.